The fourth-order valence-electron chi connectivity index (χ4n) is 1.65. The van der Waals surface area contributed by atoms with Crippen LogP contribution in [0.1, 0.15) is 26.3 Å². The summed E-state index contributed by atoms with van der Waals surface area (Å²) in [5.74, 6) is 0.438. The van der Waals surface area contributed by atoms with Gasteiger partial charge in [-0.15, -0.1) is 0 Å². The van der Waals surface area contributed by atoms with Crippen molar-refractivity contribution in [3.8, 4) is 11.5 Å². The third-order valence-corrected chi connectivity index (χ3v) is 2.71. The van der Waals surface area contributed by atoms with Crippen molar-refractivity contribution in [3.63, 3.8) is 0 Å². The number of carbonyl (C=O) groups excluding carboxylic acids is 2. The van der Waals surface area contributed by atoms with E-state index < -0.39 is 11.2 Å². The smallest absolute Gasteiger partial charge is 0.204 e. The highest BCUT2D eigenvalue weighted by Crippen LogP contribution is 2.24. The monoisotopic (exact) mass is 264 g/mol. The number of carbonyl (C=O) groups is 2. The molecule has 0 amide bonds. The molecule has 4 heteroatoms. The Hall–Kier alpha value is -1.84. The van der Waals surface area contributed by atoms with E-state index >= 15 is 0 Å². The largest absolute Gasteiger partial charge is 0.497 e. The minimum absolute atomic E-state index is 0.0592. The second-order valence-corrected chi connectivity index (χ2v) is 5.40. The molecule has 0 radical (unpaired) electrons. The van der Waals surface area contributed by atoms with Crippen LogP contribution in [0.25, 0.3) is 0 Å². The zero-order valence-electron chi connectivity index (χ0n) is 12.1. The molecular weight excluding hydrogens is 244 g/mol. The summed E-state index contributed by atoms with van der Waals surface area (Å²) in [4.78, 5) is 23.8. The molecule has 0 aliphatic heterocycles. The molecule has 0 N–H and O–H groups in total. The summed E-state index contributed by atoms with van der Waals surface area (Å²) in [6, 6.07) is 5.19. The molecular formula is C15H20O4. The molecule has 0 heterocycles. The lowest BCUT2D eigenvalue weighted by Gasteiger charge is -2.15. The summed E-state index contributed by atoms with van der Waals surface area (Å²) in [5, 5.41) is 0. The highest BCUT2D eigenvalue weighted by molar-refractivity contribution is 6.39. The Kier molecular flexibility index (Phi) is 4.70. The summed E-state index contributed by atoms with van der Waals surface area (Å²) in [7, 11) is 3.08. The second kappa shape index (κ2) is 5.87. The van der Waals surface area contributed by atoms with Crippen molar-refractivity contribution >= 4 is 11.6 Å². The molecule has 0 saturated carbocycles. The average molecular weight is 264 g/mol. The van der Waals surface area contributed by atoms with Crippen LogP contribution < -0.4 is 9.47 Å². The van der Waals surface area contributed by atoms with E-state index in [-0.39, 0.29) is 12.2 Å². The summed E-state index contributed by atoms with van der Waals surface area (Å²) in [5.41, 5.74) is 0.0545. The van der Waals surface area contributed by atoms with Gasteiger partial charge in [-0.1, -0.05) is 20.8 Å². The van der Waals surface area contributed by atoms with Gasteiger partial charge < -0.3 is 9.47 Å². The number of Topliss-reactive ketones (excluding diaryl/α,β-unsaturated/α-hetero) is 2. The lowest BCUT2D eigenvalue weighted by Crippen LogP contribution is -2.29. The number of methoxy groups -OCH3 is 2. The molecule has 0 atom stereocenters. The molecule has 0 unspecified atom stereocenters. The summed E-state index contributed by atoms with van der Waals surface area (Å²) < 4.78 is 10.3. The number of hydrogen-bond donors (Lipinski definition) is 0. The maximum absolute atomic E-state index is 11.9. The van der Waals surface area contributed by atoms with Gasteiger partial charge in [0.1, 0.15) is 11.5 Å². The quantitative estimate of drug-likeness (QED) is 0.766. The van der Waals surface area contributed by atoms with E-state index in [2.05, 4.69) is 0 Å². The predicted octanol–water partition coefficient (Wildman–Crippen LogP) is 2.43. The van der Waals surface area contributed by atoms with Gasteiger partial charge in [0.15, 0.2) is 0 Å². The van der Waals surface area contributed by atoms with E-state index in [1.54, 1.807) is 53.2 Å². The van der Waals surface area contributed by atoms with Gasteiger partial charge in [0.25, 0.3) is 0 Å². The number of ketones is 2. The fourth-order valence-corrected chi connectivity index (χ4v) is 1.65. The van der Waals surface area contributed by atoms with Crippen molar-refractivity contribution in [3.05, 3.63) is 23.8 Å². The summed E-state index contributed by atoms with van der Waals surface area (Å²) >= 11 is 0. The number of hydrogen-bond acceptors (Lipinski definition) is 4. The highest BCUT2D eigenvalue weighted by atomic mass is 16.5. The van der Waals surface area contributed by atoms with Crippen molar-refractivity contribution < 1.29 is 19.1 Å². The molecule has 0 saturated heterocycles. The maximum Gasteiger partial charge on any atom is 0.204 e. The Morgan fingerprint density at radius 3 is 1.84 bits per heavy atom. The van der Waals surface area contributed by atoms with Crippen LogP contribution in [0.5, 0.6) is 11.5 Å². The Labute approximate surface area is 113 Å². The van der Waals surface area contributed by atoms with Crippen LogP contribution in [-0.2, 0) is 16.0 Å². The Morgan fingerprint density at radius 1 is 1.00 bits per heavy atom. The van der Waals surface area contributed by atoms with E-state index in [9.17, 15) is 9.59 Å². The molecule has 0 aromatic heterocycles. The standard InChI is InChI=1S/C15H20O4/c1-15(2,3)14(17)13(16)8-10-6-11(18-4)9-12(7-10)19-5/h6-7,9H,8H2,1-5H3. The minimum atomic E-state index is -0.653. The first kappa shape index (κ1) is 15.2. The number of ether oxygens (including phenoxy) is 2. The molecule has 1 rings (SSSR count). The van der Waals surface area contributed by atoms with Crippen LogP contribution >= 0.6 is 0 Å². The van der Waals surface area contributed by atoms with Crippen molar-refractivity contribution in [1.29, 1.82) is 0 Å². The SMILES string of the molecule is COc1cc(CC(=O)C(=O)C(C)(C)C)cc(OC)c1. The van der Waals surface area contributed by atoms with Crippen LogP contribution in [0.2, 0.25) is 0 Å². The van der Waals surface area contributed by atoms with E-state index in [0.29, 0.717) is 17.1 Å². The van der Waals surface area contributed by atoms with Crippen LogP contribution in [0, 0.1) is 5.41 Å². The zero-order valence-corrected chi connectivity index (χ0v) is 12.1. The van der Waals surface area contributed by atoms with Gasteiger partial charge in [0, 0.05) is 17.9 Å². The topological polar surface area (TPSA) is 52.6 Å². The first-order valence-electron chi connectivity index (χ1n) is 6.07. The van der Waals surface area contributed by atoms with Crippen LogP contribution in [0.15, 0.2) is 18.2 Å². The van der Waals surface area contributed by atoms with E-state index in [4.69, 9.17) is 9.47 Å². The highest BCUT2D eigenvalue weighted by Gasteiger charge is 2.27. The van der Waals surface area contributed by atoms with Crippen molar-refractivity contribution in [2.75, 3.05) is 14.2 Å². The van der Waals surface area contributed by atoms with Crippen LogP contribution in [0.3, 0.4) is 0 Å². The Morgan fingerprint density at radius 2 is 1.47 bits per heavy atom. The summed E-state index contributed by atoms with van der Waals surface area (Å²) in [6.07, 6.45) is 0.0592. The number of benzene rings is 1. The second-order valence-electron chi connectivity index (χ2n) is 5.40. The van der Waals surface area contributed by atoms with E-state index in [1.165, 1.54) is 0 Å². The van der Waals surface area contributed by atoms with Gasteiger partial charge in [0.2, 0.25) is 11.6 Å². The molecule has 0 bridgehead atoms. The first-order chi connectivity index (χ1) is 8.77. The van der Waals surface area contributed by atoms with Crippen molar-refractivity contribution in [2.24, 2.45) is 5.41 Å². The van der Waals surface area contributed by atoms with Gasteiger partial charge in [-0.05, 0) is 17.7 Å². The number of rotatable bonds is 5. The average Bonchev–Trinajstić information content (AvgIpc) is 2.36. The third kappa shape index (κ3) is 4.09. The van der Waals surface area contributed by atoms with Gasteiger partial charge >= 0.3 is 0 Å². The molecule has 0 aliphatic carbocycles. The van der Waals surface area contributed by atoms with Crippen molar-refractivity contribution in [1.82, 2.24) is 0 Å². The van der Waals surface area contributed by atoms with E-state index in [0.717, 1.165) is 0 Å². The molecule has 19 heavy (non-hydrogen) atoms. The normalized spacial score (nSPS) is 11.0. The maximum atomic E-state index is 11.9. The van der Waals surface area contributed by atoms with Gasteiger partial charge in [-0.2, -0.15) is 0 Å². The predicted molar refractivity (Wildman–Crippen MR) is 72.7 cm³/mol. The van der Waals surface area contributed by atoms with Crippen LogP contribution in [0.4, 0.5) is 0 Å². The lowest BCUT2D eigenvalue weighted by atomic mass is 9.86. The van der Waals surface area contributed by atoms with Gasteiger partial charge in [0.05, 0.1) is 14.2 Å². The molecule has 0 spiro atoms. The molecule has 0 aliphatic rings. The Bertz CT molecular complexity index is 461. The molecule has 1 aromatic carbocycles. The van der Waals surface area contributed by atoms with Crippen LogP contribution in [-0.4, -0.2) is 25.8 Å². The fraction of sp³-hybridized carbons (Fsp3) is 0.467. The minimum Gasteiger partial charge on any atom is -0.497 e. The lowest BCUT2D eigenvalue weighted by molar-refractivity contribution is -0.140. The molecule has 104 valence electrons. The van der Waals surface area contributed by atoms with Gasteiger partial charge in [-0.3, -0.25) is 9.59 Å². The molecule has 1 aromatic rings. The first-order valence-corrected chi connectivity index (χ1v) is 6.07. The van der Waals surface area contributed by atoms with Gasteiger partial charge in [-0.25, -0.2) is 0 Å². The van der Waals surface area contributed by atoms with E-state index in [1.807, 2.05) is 0 Å². The molecule has 0 fully saturated rings. The summed E-state index contributed by atoms with van der Waals surface area (Å²) in [6.45, 7) is 5.21. The third-order valence-electron chi connectivity index (χ3n) is 2.71. The Balaban J connectivity index is 2.93. The zero-order chi connectivity index (χ0) is 14.6. The van der Waals surface area contributed by atoms with Crippen molar-refractivity contribution in [2.45, 2.75) is 27.2 Å². The molecule has 4 nitrogen and oxygen atoms in total.